The number of Topliss-reactive ketones (excluding diaryl/α,β-unsaturated/α-hetero) is 1. The van der Waals surface area contributed by atoms with Gasteiger partial charge in [0.05, 0.1) is 12.7 Å². The number of nitrogens with two attached hydrogens (primary N) is 1. The van der Waals surface area contributed by atoms with E-state index in [0.29, 0.717) is 13.0 Å². The van der Waals surface area contributed by atoms with E-state index in [1.54, 1.807) is 7.11 Å². The minimum absolute atomic E-state index is 0.0112. The summed E-state index contributed by atoms with van der Waals surface area (Å²) in [7, 11) is 4.98. The maximum Gasteiger partial charge on any atom is 0.223 e. The van der Waals surface area contributed by atoms with Gasteiger partial charge in [0, 0.05) is 31.3 Å². The molecule has 2 rings (SSSR count). The second-order valence-corrected chi connectivity index (χ2v) is 6.80. The van der Waals surface area contributed by atoms with Crippen LogP contribution in [0.25, 0.3) is 0 Å². The minimum atomic E-state index is -0.0112. The van der Waals surface area contributed by atoms with Crippen molar-refractivity contribution in [3.63, 3.8) is 0 Å². The van der Waals surface area contributed by atoms with E-state index in [4.69, 9.17) is 15.3 Å². The van der Waals surface area contributed by atoms with Crippen LogP contribution in [0, 0.1) is 12.8 Å². The fourth-order valence-corrected chi connectivity index (χ4v) is 2.59. The van der Waals surface area contributed by atoms with Crippen molar-refractivity contribution in [2.75, 3.05) is 26.5 Å². The number of hydrogen-bond acceptors (Lipinski definition) is 6. The average molecular weight is 402 g/mol. The first-order valence-corrected chi connectivity index (χ1v) is 9.29. The molecule has 0 unspecified atom stereocenters. The van der Waals surface area contributed by atoms with Crippen LogP contribution in [-0.4, -0.2) is 38.4 Å². The summed E-state index contributed by atoms with van der Waals surface area (Å²) in [6, 6.07) is 11.4. The molecule has 0 saturated carbocycles. The monoisotopic (exact) mass is 401 g/mol. The quantitative estimate of drug-likeness (QED) is 0.231. The van der Waals surface area contributed by atoms with E-state index in [-0.39, 0.29) is 11.7 Å². The standard InChI is InChI=1S/C20H25NO3.C2H6N2O/c1-13(2)20(22)15-9-10-18(14(3)11-15)24-12-16-17(21-4)7-6-8-19(16)23-5;1-4(3)2-5/h6-11,13,21H,12H2,1-5H3;2H,3H2,1H3. The number of anilines is 1. The van der Waals surface area contributed by atoms with Crippen LogP contribution in [0.2, 0.25) is 0 Å². The summed E-state index contributed by atoms with van der Waals surface area (Å²) in [5.74, 6) is 6.44. The molecule has 7 heteroatoms. The van der Waals surface area contributed by atoms with E-state index in [1.807, 2.05) is 64.2 Å². The van der Waals surface area contributed by atoms with Crippen molar-refractivity contribution in [2.24, 2.45) is 11.8 Å². The van der Waals surface area contributed by atoms with Gasteiger partial charge in [0.1, 0.15) is 18.1 Å². The van der Waals surface area contributed by atoms with E-state index >= 15 is 0 Å². The molecule has 158 valence electrons. The Bertz CT molecular complexity index is 797. The first-order valence-electron chi connectivity index (χ1n) is 9.29. The van der Waals surface area contributed by atoms with E-state index < -0.39 is 0 Å². The summed E-state index contributed by atoms with van der Waals surface area (Å²) >= 11 is 0. The molecule has 0 heterocycles. The fourth-order valence-electron chi connectivity index (χ4n) is 2.59. The van der Waals surface area contributed by atoms with Crippen molar-refractivity contribution in [1.82, 2.24) is 5.01 Å². The van der Waals surface area contributed by atoms with E-state index in [1.165, 1.54) is 7.05 Å². The molecule has 0 radical (unpaired) electrons. The van der Waals surface area contributed by atoms with Gasteiger partial charge in [0.15, 0.2) is 5.78 Å². The molecular formula is C22H31N3O4. The summed E-state index contributed by atoms with van der Waals surface area (Å²) in [5.41, 5.74) is 3.60. The molecular weight excluding hydrogens is 370 g/mol. The van der Waals surface area contributed by atoms with Crippen molar-refractivity contribution in [1.29, 1.82) is 0 Å². The van der Waals surface area contributed by atoms with Crippen LogP contribution in [0.1, 0.15) is 35.3 Å². The lowest BCUT2D eigenvalue weighted by Crippen LogP contribution is -2.23. The lowest BCUT2D eigenvalue weighted by molar-refractivity contribution is -0.117. The molecule has 3 N–H and O–H groups in total. The number of nitrogens with zero attached hydrogens (tertiary/aromatic N) is 1. The zero-order valence-electron chi connectivity index (χ0n) is 18.0. The van der Waals surface area contributed by atoms with Crippen LogP contribution in [0.3, 0.4) is 0 Å². The van der Waals surface area contributed by atoms with Gasteiger partial charge in [-0.3, -0.25) is 14.6 Å². The minimum Gasteiger partial charge on any atom is -0.496 e. The van der Waals surface area contributed by atoms with Crippen molar-refractivity contribution < 1.29 is 19.1 Å². The molecule has 0 aliphatic rings. The van der Waals surface area contributed by atoms with E-state index in [0.717, 1.165) is 38.9 Å². The summed E-state index contributed by atoms with van der Waals surface area (Å²) in [6.45, 7) is 6.15. The summed E-state index contributed by atoms with van der Waals surface area (Å²) in [5, 5.41) is 4.10. The highest BCUT2D eigenvalue weighted by molar-refractivity contribution is 5.97. The number of hydrazine groups is 1. The molecule has 0 spiro atoms. The fraction of sp³-hybridized carbons (Fsp3) is 0.364. The van der Waals surface area contributed by atoms with Crippen molar-refractivity contribution in [3.8, 4) is 11.5 Å². The van der Waals surface area contributed by atoms with Gasteiger partial charge in [0.2, 0.25) is 6.41 Å². The van der Waals surface area contributed by atoms with Gasteiger partial charge in [-0.05, 0) is 42.8 Å². The highest BCUT2D eigenvalue weighted by atomic mass is 16.5. The molecule has 0 atom stereocenters. The predicted octanol–water partition coefficient (Wildman–Crippen LogP) is 3.41. The number of carbonyl (C=O) groups excluding carboxylic acids is 2. The SMILES string of the molecule is CN(N)C=O.CNc1cccc(OC)c1COc1ccc(C(=O)C(C)C)cc1C. The maximum absolute atomic E-state index is 12.1. The first-order chi connectivity index (χ1) is 13.7. The summed E-state index contributed by atoms with van der Waals surface area (Å²) in [4.78, 5) is 21.4. The number of nitrogens with one attached hydrogen (secondary N) is 1. The molecule has 0 saturated heterocycles. The Hall–Kier alpha value is -3.06. The number of amides is 1. The van der Waals surface area contributed by atoms with Crippen LogP contribution in [-0.2, 0) is 11.4 Å². The Balaban J connectivity index is 0.000000749. The van der Waals surface area contributed by atoms with E-state index in [9.17, 15) is 9.59 Å². The zero-order chi connectivity index (χ0) is 22.0. The topological polar surface area (TPSA) is 93.9 Å². The number of carbonyl (C=O) groups is 2. The number of ether oxygens (including phenoxy) is 2. The molecule has 2 aromatic carbocycles. The lowest BCUT2D eigenvalue weighted by atomic mass is 9.99. The molecule has 1 amide bonds. The number of benzene rings is 2. The third kappa shape index (κ3) is 7.12. The third-order valence-electron chi connectivity index (χ3n) is 4.14. The van der Waals surface area contributed by atoms with Gasteiger partial charge >= 0.3 is 0 Å². The molecule has 29 heavy (non-hydrogen) atoms. The summed E-state index contributed by atoms with van der Waals surface area (Å²) < 4.78 is 11.4. The number of hydrogen-bond donors (Lipinski definition) is 2. The lowest BCUT2D eigenvalue weighted by Gasteiger charge is -2.16. The Morgan fingerprint density at radius 3 is 2.38 bits per heavy atom. The van der Waals surface area contributed by atoms with Gasteiger partial charge in [0.25, 0.3) is 0 Å². The average Bonchev–Trinajstić information content (AvgIpc) is 2.72. The second kappa shape index (κ2) is 11.7. The predicted molar refractivity (Wildman–Crippen MR) is 115 cm³/mol. The highest BCUT2D eigenvalue weighted by Gasteiger charge is 2.13. The number of aryl methyl sites for hydroxylation is 1. The summed E-state index contributed by atoms with van der Waals surface area (Å²) in [6.07, 6.45) is 0.528. The van der Waals surface area contributed by atoms with Crippen LogP contribution in [0.15, 0.2) is 36.4 Å². The van der Waals surface area contributed by atoms with Crippen molar-refractivity contribution >= 4 is 17.9 Å². The molecule has 0 aromatic heterocycles. The third-order valence-corrected chi connectivity index (χ3v) is 4.14. The normalized spacial score (nSPS) is 9.93. The van der Waals surface area contributed by atoms with Crippen LogP contribution < -0.4 is 20.6 Å². The first kappa shape index (κ1) is 24.0. The molecule has 0 aliphatic heterocycles. The van der Waals surface area contributed by atoms with E-state index in [2.05, 4.69) is 5.32 Å². The Morgan fingerprint density at radius 1 is 1.24 bits per heavy atom. The van der Waals surface area contributed by atoms with Crippen molar-refractivity contribution in [3.05, 3.63) is 53.1 Å². The number of methoxy groups -OCH3 is 1. The molecule has 0 fully saturated rings. The zero-order valence-corrected chi connectivity index (χ0v) is 18.0. The van der Waals surface area contributed by atoms with Gasteiger partial charge < -0.3 is 14.8 Å². The largest absolute Gasteiger partial charge is 0.496 e. The second-order valence-electron chi connectivity index (χ2n) is 6.80. The highest BCUT2D eigenvalue weighted by Crippen LogP contribution is 2.29. The number of rotatable bonds is 8. The smallest absolute Gasteiger partial charge is 0.223 e. The van der Waals surface area contributed by atoms with Crippen LogP contribution in [0.4, 0.5) is 5.69 Å². The molecule has 0 aliphatic carbocycles. The molecule has 7 nitrogen and oxygen atoms in total. The van der Waals surface area contributed by atoms with Crippen LogP contribution >= 0.6 is 0 Å². The van der Waals surface area contributed by atoms with Crippen LogP contribution in [0.5, 0.6) is 11.5 Å². The Labute approximate surface area is 172 Å². The van der Waals surface area contributed by atoms with Crippen molar-refractivity contribution in [2.45, 2.75) is 27.4 Å². The van der Waals surface area contributed by atoms with Gasteiger partial charge in [-0.25, -0.2) is 5.84 Å². The van der Waals surface area contributed by atoms with Gasteiger partial charge in [-0.1, -0.05) is 19.9 Å². The Morgan fingerprint density at radius 2 is 1.90 bits per heavy atom. The van der Waals surface area contributed by atoms with Gasteiger partial charge in [-0.2, -0.15) is 0 Å². The maximum atomic E-state index is 12.1. The Kier molecular flexibility index (Phi) is 9.68. The molecule has 2 aromatic rings. The van der Waals surface area contributed by atoms with Gasteiger partial charge in [-0.15, -0.1) is 0 Å². The number of ketones is 1. The molecule has 0 bridgehead atoms.